The molecular weight excluding hydrogens is 340 g/mol. The van der Waals surface area contributed by atoms with Crippen molar-refractivity contribution >= 4 is 28.6 Å². The number of aryl methyl sites for hydroxylation is 1. The van der Waals surface area contributed by atoms with Crippen LogP contribution in [0.3, 0.4) is 0 Å². The summed E-state index contributed by atoms with van der Waals surface area (Å²) in [4.78, 5) is 26.3. The molecule has 0 saturated heterocycles. The highest BCUT2D eigenvalue weighted by Crippen LogP contribution is 2.35. The van der Waals surface area contributed by atoms with Gasteiger partial charge >= 0.3 is 0 Å². The molecule has 25 heavy (non-hydrogen) atoms. The lowest BCUT2D eigenvalue weighted by atomic mass is 10.0. The van der Waals surface area contributed by atoms with Gasteiger partial charge < -0.3 is 4.98 Å². The van der Waals surface area contributed by atoms with E-state index in [9.17, 15) is 14.9 Å². The molecule has 3 rings (SSSR count). The molecule has 1 aromatic heterocycles. The van der Waals surface area contributed by atoms with Crippen LogP contribution < -0.4 is 11.3 Å². The van der Waals surface area contributed by atoms with Gasteiger partial charge in [0, 0.05) is 26.3 Å². The van der Waals surface area contributed by atoms with Gasteiger partial charge in [-0.2, -0.15) is 0 Å². The molecular formula is C17H16N4O3S. The first kappa shape index (κ1) is 17.0. The van der Waals surface area contributed by atoms with Crippen LogP contribution in [0.15, 0.2) is 47.4 Å². The monoisotopic (exact) mass is 356 g/mol. The summed E-state index contributed by atoms with van der Waals surface area (Å²) in [5.74, 6) is 4.67. The number of rotatable bonds is 5. The molecule has 1 amide bonds. The van der Waals surface area contributed by atoms with Crippen LogP contribution in [0.4, 0.5) is 0 Å². The summed E-state index contributed by atoms with van der Waals surface area (Å²) in [7, 11) is 0. The topological polar surface area (TPSA) is 114 Å². The van der Waals surface area contributed by atoms with Gasteiger partial charge in [-0.15, -0.1) is 0 Å². The summed E-state index contributed by atoms with van der Waals surface area (Å²) in [5.41, 5.74) is 5.97. The number of hydrazine groups is 1. The smallest absolute Gasteiger partial charge is 0.282 e. The zero-order valence-electron chi connectivity index (χ0n) is 13.4. The quantitative estimate of drug-likeness (QED) is 0.162. The fourth-order valence-corrected chi connectivity index (χ4v) is 3.27. The molecule has 7 nitrogen and oxygen atoms in total. The van der Waals surface area contributed by atoms with Gasteiger partial charge in [0.15, 0.2) is 0 Å². The number of aromatic amines is 1. The van der Waals surface area contributed by atoms with E-state index >= 15 is 0 Å². The van der Waals surface area contributed by atoms with Crippen LogP contribution in [0, 0.1) is 17.0 Å². The van der Waals surface area contributed by atoms with Crippen molar-refractivity contribution in [2.75, 3.05) is 5.88 Å². The molecule has 0 atom stereocenters. The minimum Gasteiger partial charge on any atom is -0.350 e. The van der Waals surface area contributed by atoms with Gasteiger partial charge in [-0.1, -0.05) is 29.8 Å². The van der Waals surface area contributed by atoms with Gasteiger partial charge in [0.05, 0.1) is 0 Å². The normalized spacial score (nSPS) is 10.8. The molecule has 0 radical (unpaired) electrons. The Labute approximate surface area is 147 Å². The lowest BCUT2D eigenvalue weighted by molar-refractivity contribution is -0.456. The van der Waals surface area contributed by atoms with Crippen LogP contribution in [0.1, 0.15) is 16.1 Å². The Bertz CT molecular complexity index is 950. The summed E-state index contributed by atoms with van der Waals surface area (Å²) >= 11 is 1.13. The van der Waals surface area contributed by atoms with E-state index in [4.69, 9.17) is 5.84 Å². The van der Waals surface area contributed by atoms with E-state index < -0.39 is 5.91 Å². The van der Waals surface area contributed by atoms with Crippen LogP contribution in [0.5, 0.6) is 0 Å². The summed E-state index contributed by atoms with van der Waals surface area (Å²) in [6.07, 6.45) is 0. The predicted molar refractivity (Wildman–Crippen MR) is 97.8 cm³/mol. The van der Waals surface area contributed by atoms with Gasteiger partial charge in [0.2, 0.25) is 0 Å². The zero-order valence-corrected chi connectivity index (χ0v) is 14.2. The highest BCUT2D eigenvalue weighted by molar-refractivity contribution is 7.99. The van der Waals surface area contributed by atoms with Crippen LogP contribution in [-0.2, 0) is 0 Å². The maximum absolute atomic E-state index is 12.2. The number of amides is 1. The van der Waals surface area contributed by atoms with Crippen LogP contribution in [0.25, 0.3) is 22.0 Å². The lowest BCUT2D eigenvalue weighted by Crippen LogP contribution is -2.30. The third kappa shape index (κ3) is 3.49. The van der Waals surface area contributed by atoms with E-state index in [-0.39, 0.29) is 10.8 Å². The average molecular weight is 356 g/mol. The largest absolute Gasteiger partial charge is 0.350 e. The second kappa shape index (κ2) is 6.96. The zero-order chi connectivity index (χ0) is 18.0. The second-order valence-corrected chi connectivity index (χ2v) is 6.55. The Balaban J connectivity index is 2.17. The molecule has 0 spiro atoms. The Morgan fingerprint density at radius 3 is 2.64 bits per heavy atom. The number of hydrogen-bond acceptors (Lipinski definition) is 5. The Kier molecular flexibility index (Phi) is 4.73. The Hall–Kier alpha value is -2.84. The van der Waals surface area contributed by atoms with E-state index in [2.05, 4.69) is 10.4 Å². The van der Waals surface area contributed by atoms with Crippen molar-refractivity contribution in [1.29, 1.82) is 0 Å². The van der Waals surface area contributed by atoms with E-state index in [1.165, 1.54) is 0 Å². The molecule has 8 heteroatoms. The first-order chi connectivity index (χ1) is 12.0. The number of benzene rings is 2. The highest BCUT2D eigenvalue weighted by atomic mass is 32.2. The summed E-state index contributed by atoms with van der Waals surface area (Å²) in [6.45, 7) is 1.98. The van der Waals surface area contributed by atoms with Gasteiger partial charge in [0.1, 0.15) is 5.69 Å². The molecule has 1 heterocycles. The van der Waals surface area contributed by atoms with Crippen molar-refractivity contribution in [3.63, 3.8) is 0 Å². The molecule has 0 aliphatic heterocycles. The Morgan fingerprint density at radius 2 is 2.00 bits per heavy atom. The number of nitrogens with two attached hydrogens (primary N) is 1. The lowest BCUT2D eigenvalue weighted by Gasteiger charge is -2.05. The van der Waals surface area contributed by atoms with Crippen LogP contribution in [0.2, 0.25) is 0 Å². The Morgan fingerprint density at radius 1 is 1.28 bits per heavy atom. The van der Waals surface area contributed by atoms with E-state index in [0.717, 1.165) is 44.3 Å². The number of hydrogen-bond donors (Lipinski definition) is 3. The average Bonchev–Trinajstić information content (AvgIpc) is 2.98. The summed E-state index contributed by atoms with van der Waals surface area (Å²) in [6, 6.07) is 13.2. The minimum absolute atomic E-state index is 0.216. The maximum Gasteiger partial charge on any atom is 0.282 e. The van der Waals surface area contributed by atoms with Gasteiger partial charge in [-0.3, -0.25) is 20.3 Å². The first-order valence-electron chi connectivity index (χ1n) is 7.48. The summed E-state index contributed by atoms with van der Waals surface area (Å²) < 4.78 is 0. The van der Waals surface area contributed by atoms with Crippen molar-refractivity contribution in [2.45, 2.75) is 11.8 Å². The van der Waals surface area contributed by atoms with Crippen molar-refractivity contribution in [2.24, 2.45) is 5.84 Å². The number of nitrogens with zero attached hydrogens (tertiary/aromatic N) is 1. The molecule has 0 unspecified atom stereocenters. The first-order valence-corrected chi connectivity index (χ1v) is 8.46. The summed E-state index contributed by atoms with van der Waals surface area (Å²) in [5, 5.41) is 11.4. The third-order valence-electron chi connectivity index (χ3n) is 3.81. The van der Waals surface area contributed by atoms with E-state index in [0.29, 0.717) is 5.69 Å². The molecule has 0 saturated carbocycles. The predicted octanol–water partition coefficient (Wildman–Crippen LogP) is 3.07. The number of aromatic nitrogens is 1. The number of nitrogen functional groups attached to an aromatic ring is 1. The van der Waals surface area contributed by atoms with Gasteiger partial charge in [0.25, 0.3) is 11.8 Å². The maximum atomic E-state index is 12.2. The molecule has 3 aromatic rings. The van der Waals surface area contributed by atoms with E-state index in [1.54, 1.807) is 6.07 Å². The molecule has 2 aromatic carbocycles. The molecule has 0 fully saturated rings. The third-order valence-corrected chi connectivity index (χ3v) is 4.73. The molecule has 4 N–H and O–H groups in total. The van der Waals surface area contributed by atoms with Crippen LogP contribution >= 0.6 is 11.8 Å². The highest BCUT2D eigenvalue weighted by Gasteiger charge is 2.19. The fraction of sp³-hybridized carbons (Fsp3) is 0.118. The standard InChI is InChI=1S/C17H16N4O3S/c1-10-2-4-11(5-3-10)15-13-8-12(25-9-21(23)24)6-7-14(13)19-16(15)17(22)20-18/h2-8,19H,9,18H2,1H3,(H,20,22). The molecule has 0 bridgehead atoms. The SMILES string of the molecule is Cc1ccc(-c2c(C(=O)NN)[nH]c3ccc(SC[N+](=O)[O-])cc23)cc1. The number of nitro groups is 1. The fourth-order valence-electron chi connectivity index (χ4n) is 2.65. The van der Waals surface area contributed by atoms with Gasteiger partial charge in [-0.05, 0) is 42.4 Å². The van der Waals surface area contributed by atoms with Crippen molar-refractivity contribution in [3.05, 3.63) is 63.8 Å². The van der Waals surface area contributed by atoms with Crippen molar-refractivity contribution in [3.8, 4) is 11.1 Å². The number of fused-ring (bicyclic) bond motifs is 1. The van der Waals surface area contributed by atoms with E-state index in [1.807, 2.05) is 43.3 Å². The number of carbonyl (C=O) groups is 1. The number of nitrogens with one attached hydrogen (secondary N) is 2. The molecule has 0 aliphatic rings. The second-order valence-electron chi connectivity index (χ2n) is 5.53. The molecule has 128 valence electrons. The number of carbonyl (C=O) groups excluding carboxylic acids is 1. The molecule has 0 aliphatic carbocycles. The minimum atomic E-state index is -0.425. The number of H-pyrrole nitrogens is 1. The van der Waals surface area contributed by atoms with Gasteiger partial charge in [-0.25, -0.2) is 5.84 Å². The van der Waals surface area contributed by atoms with Crippen molar-refractivity contribution in [1.82, 2.24) is 10.4 Å². The van der Waals surface area contributed by atoms with Crippen molar-refractivity contribution < 1.29 is 9.72 Å². The van der Waals surface area contributed by atoms with Crippen LogP contribution in [-0.4, -0.2) is 21.7 Å². The number of thioether (sulfide) groups is 1.